The third-order valence-corrected chi connectivity index (χ3v) is 3.65. The van der Waals surface area contributed by atoms with E-state index in [1.807, 2.05) is 11.3 Å². The van der Waals surface area contributed by atoms with E-state index in [4.69, 9.17) is 0 Å². The molecule has 1 aliphatic carbocycles. The lowest BCUT2D eigenvalue weighted by atomic mass is 10.1. The van der Waals surface area contributed by atoms with E-state index < -0.39 is 0 Å². The first-order chi connectivity index (χ1) is 6.38. The Morgan fingerprint density at radius 1 is 1.62 bits per heavy atom. The molecular formula is C11H17NS. The van der Waals surface area contributed by atoms with Crippen LogP contribution in [-0.4, -0.2) is 13.1 Å². The third-order valence-electron chi connectivity index (χ3n) is 2.75. The molecule has 0 aromatic carbocycles. The first-order valence-electron chi connectivity index (χ1n) is 5.08. The smallest absolute Gasteiger partial charge is 0.0115 e. The molecule has 1 aliphatic rings. The zero-order valence-electron chi connectivity index (χ0n) is 8.12. The highest BCUT2D eigenvalue weighted by Gasteiger charge is 2.24. The maximum atomic E-state index is 3.42. The molecule has 1 nitrogen and oxygen atoms in total. The maximum absolute atomic E-state index is 3.42. The first kappa shape index (κ1) is 9.22. The van der Waals surface area contributed by atoms with Gasteiger partial charge < -0.3 is 5.32 Å². The molecule has 13 heavy (non-hydrogen) atoms. The molecule has 0 saturated heterocycles. The van der Waals surface area contributed by atoms with Gasteiger partial charge in [0.1, 0.15) is 0 Å². The lowest BCUT2D eigenvalue weighted by Gasteiger charge is -2.14. The molecule has 1 heterocycles. The molecule has 0 aliphatic heterocycles. The minimum absolute atomic E-state index is 0.700. The molecule has 0 radical (unpaired) electrons. The molecule has 1 unspecified atom stereocenters. The molecule has 72 valence electrons. The average Bonchev–Trinajstić information content (AvgIpc) is 2.80. The van der Waals surface area contributed by atoms with Gasteiger partial charge in [-0.15, -0.1) is 11.3 Å². The van der Waals surface area contributed by atoms with Crippen molar-refractivity contribution < 1.29 is 0 Å². The summed E-state index contributed by atoms with van der Waals surface area (Å²) in [5.74, 6) is 1.03. The second kappa shape index (κ2) is 4.25. The highest BCUT2D eigenvalue weighted by atomic mass is 32.1. The van der Waals surface area contributed by atoms with Crippen LogP contribution in [0.2, 0.25) is 0 Å². The molecular weight excluding hydrogens is 178 g/mol. The van der Waals surface area contributed by atoms with Crippen molar-refractivity contribution in [3.05, 3.63) is 22.4 Å². The van der Waals surface area contributed by atoms with Gasteiger partial charge >= 0.3 is 0 Å². The standard InChI is InChI=1S/C11H17NS/c1-12-10(7-9-4-5-9)8-11-3-2-6-13-11/h2-3,6,9-10,12H,4-5,7-8H2,1H3. The van der Waals surface area contributed by atoms with E-state index >= 15 is 0 Å². The van der Waals surface area contributed by atoms with Crippen LogP contribution in [0, 0.1) is 5.92 Å². The Hall–Kier alpha value is -0.340. The topological polar surface area (TPSA) is 12.0 Å². The Kier molecular flexibility index (Phi) is 3.01. The van der Waals surface area contributed by atoms with E-state index in [2.05, 4.69) is 29.9 Å². The van der Waals surface area contributed by atoms with Crippen molar-refractivity contribution in [2.75, 3.05) is 7.05 Å². The summed E-state index contributed by atoms with van der Waals surface area (Å²) < 4.78 is 0. The predicted molar refractivity (Wildman–Crippen MR) is 58.2 cm³/mol. The Morgan fingerprint density at radius 2 is 2.46 bits per heavy atom. The highest BCUT2D eigenvalue weighted by molar-refractivity contribution is 7.09. The van der Waals surface area contributed by atoms with Gasteiger partial charge in [-0.25, -0.2) is 0 Å². The second-order valence-corrected chi connectivity index (χ2v) is 4.98. The van der Waals surface area contributed by atoms with Crippen LogP contribution >= 0.6 is 11.3 Å². The molecule has 2 heteroatoms. The molecule has 1 aromatic heterocycles. The van der Waals surface area contributed by atoms with Crippen LogP contribution in [0.1, 0.15) is 24.1 Å². The maximum Gasteiger partial charge on any atom is 0.0115 e. The Balaban J connectivity index is 1.82. The van der Waals surface area contributed by atoms with Gasteiger partial charge in [0.05, 0.1) is 0 Å². The summed E-state index contributed by atoms with van der Waals surface area (Å²) in [6.45, 7) is 0. The fourth-order valence-corrected chi connectivity index (χ4v) is 2.52. The van der Waals surface area contributed by atoms with E-state index in [0.717, 1.165) is 5.92 Å². The Morgan fingerprint density at radius 3 is 3.00 bits per heavy atom. The van der Waals surface area contributed by atoms with Crippen LogP contribution in [0.25, 0.3) is 0 Å². The zero-order valence-corrected chi connectivity index (χ0v) is 8.94. The van der Waals surface area contributed by atoms with Gasteiger partial charge in [-0.1, -0.05) is 18.9 Å². The molecule has 0 spiro atoms. The molecule has 0 amide bonds. The lowest BCUT2D eigenvalue weighted by molar-refractivity contribution is 0.493. The molecule has 1 aromatic rings. The predicted octanol–water partition coefficient (Wildman–Crippen LogP) is 2.68. The van der Waals surface area contributed by atoms with E-state index in [9.17, 15) is 0 Å². The van der Waals surface area contributed by atoms with E-state index in [1.54, 1.807) is 0 Å². The van der Waals surface area contributed by atoms with Crippen molar-refractivity contribution in [3.63, 3.8) is 0 Å². The minimum Gasteiger partial charge on any atom is -0.317 e. The van der Waals surface area contributed by atoms with Crippen molar-refractivity contribution >= 4 is 11.3 Å². The highest BCUT2D eigenvalue weighted by Crippen LogP contribution is 2.34. The summed E-state index contributed by atoms with van der Waals surface area (Å²) in [5, 5.41) is 5.58. The number of hydrogen-bond acceptors (Lipinski definition) is 2. The van der Waals surface area contributed by atoms with Crippen LogP contribution in [-0.2, 0) is 6.42 Å². The van der Waals surface area contributed by atoms with Crippen LogP contribution < -0.4 is 5.32 Å². The lowest BCUT2D eigenvalue weighted by Crippen LogP contribution is -2.27. The van der Waals surface area contributed by atoms with Crippen molar-refractivity contribution in [3.8, 4) is 0 Å². The quantitative estimate of drug-likeness (QED) is 0.761. The third kappa shape index (κ3) is 2.82. The fraction of sp³-hybridized carbons (Fsp3) is 0.636. The summed E-state index contributed by atoms with van der Waals surface area (Å²) in [4.78, 5) is 1.51. The van der Waals surface area contributed by atoms with Gasteiger partial charge in [-0.3, -0.25) is 0 Å². The van der Waals surface area contributed by atoms with Crippen LogP contribution in [0.3, 0.4) is 0 Å². The molecule has 1 fully saturated rings. The summed E-state index contributed by atoms with van der Waals surface area (Å²) in [5.41, 5.74) is 0. The fourth-order valence-electron chi connectivity index (χ4n) is 1.73. The van der Waals surface area contributed by atoms with E-state index in [0.29, 0.717) is 6.04 Å². The average molecular weight is 195 g/mol. The second-order valence-electron chi connectivity index (χ2n) is 3.95. The monoisotopic (exact) mass is 195 g/mol. The molecule has 1 N–H and O–H groups in total. The van der Waals surface area contributed by atoms with Crippen molar-refractivity contribution in [2.24, 2.45) is 5.92 Å². The molecule has 2 rings (SSSR count). The Labute approximate surface area is 84.2 Å². The van der Waals surface area contributed by atoms with Gasteiger partial charge in [0.2, 0.25) is 0 Å². The van der Waals surface area contributed by atoms with Gasteiger partial charge in [0, 0.05) is 10.9 Å². The summed E-state index contributed by atoms with van der Waals surface area (Å²) >= 11 is 1.87. The number of hydrogen-bond donors (Lipinski definition) is 1. The normalized spacial score (nSPS) is 18.8. The Bertz CT molecular complexity index is 239. The van der Waals surface area contributed by atoms with Gasteiger partial charge in [0.15, 0.2) is 0 Å². The van der Waals surface area contributed by atoms with E-state index in [1.165, 1.54) is 30.6 Å². The summed E-state index contributed by atoms with van der Waals surface area (Å²) in [7, 11) is 2.08. The van der Waals surface area contributed by atoms with Gasteiger partial charge in [-0.05, 0) is 37.3 Å². The van der Waals surface area contributed by atoms with Crippen LogP contribution in [0.5, 0.6) is 0 Å². The number of likely N-dealkylation sites (N-methyl/N-ethyl adjacent to an activating group) is 1. The molecule has 1 saturated carbocycles. The SMILES string of the molecule is CNC(Cc1cccs1)CC1CC1. The van der Waals surface area contributed by atoms with Gasteiger partial charge in [0.25, 0.3) is 0 Å². The summed E-state index contributed by atoms with van der Waals surface area (Å²) in [6, 6.07) is 5.08. The van der Waals surface area contributed by atoms with Crippen LogP contribution in [0.4, 0.5) is 0 Å². The summed E-state index contributed by atoms with van der Waals surface area (Å²) in [6.07, 6.45) is 5.50. The molecule has 1 atom stereocenters. The van der Waals surface area contributed by atoms with E-state index in [-0.39, 0.29) is 0 Å². The zero-order chi connectivity index (χ0) is 9.10. The van der Waals surface area contributed by atoms with Crippen LogP contribution in [0.15, 0.2) is 17.5 Å². The van der Waals surface area contributed by atoms with Gasteiger partial charge in [-0.2, -0.15) is 0 Å². The number of thiophene rings is 1. The number of rotatable bonds is 5. The minimum atomic E-state index is 0.700. The van der Waals surface area contributed by atoms with Crippen molar-refractivity contribution in [1.82, 2.24) is 5.32 Å². The largest absolute Gasteiger partial charge is 0.317 e. The molecule has 0 bridgehead atoms. The van der Waals surface area contributed by atoms with Crippen molar-refractivity contribution in [2.45, 2.75) is 31.7 Å². The number of nitrogens with one attached hydrogen (secondary N) is 1. The first-order valence-corrected chi connectivity index (χ1v) is 5.96. The van der Waals surface area contributed by atoms with Crippen molar-refractivity contribution in [1.29, 1.82) is 0 Å².